The van der Waals surface area contributed by atoms with Gasteiger partial charge in [-0.05, 0) is 18.6 Å². The lowest BCUT2D eigenvalue weighted by molar-refractivity contribution is -0.206. The van der Waals surface area contributed by atoms with Crippen LogP contribution < -0.4 is 0 Å². The van der Waals surface area contributed by atoms with E-state index >= 15 is 0 Å². The number of rotatable bonds is 1. The van der Waals surface area contributed by atoms with Gasteiger partial charge in [0.25, 0.3) is 0 Å². The van der Waals surface area contributed by atoms with Crippen LogP contribution in [0, 0.1) is 6.92 Å². The van der Waals surface area contributed by atoms with Crippen molar-refractivity contribution >= 4 is 11.6 Å². The molecule has 1 aromatic rings. The van der Waals surface area contributed by atoms with Crippen molar-refractivity contribution in [3.63, 3.8) is 0 Å². The highest BCUT2D eigenvalue weighted by atomic mass is 35.5. The lowest BCUT2D eigenvalue weighted by Crippen LogP contribution is -2.21. The number of halogens is 4. The van der Waals surface area contributed by atoms with Gasteiger partial charge in [-0.15, -0.1) is 0 Å². The summed E-state index contributed by atoms with van der Waals surface area (Å²) in [6, 6.07) is 4.32. The third kappa shape index (κ3) is 2.19. The van der Waals surface area contributed by atoms with Crippen molar-refractivity contribution in [2.75, 3.05) is 0 Å². The summed E-state index contributed by atoms with van der Waals surface area (Å²) in [4.78, 5) is 0. The zero-order chi connectivity index (χ0) is 10.9. The van der Waals surface area contributed by atoms with E-state index < -0.39 is 12.3 Å². The van der Waals surface area contributed by atoms with Crippen molar-refractivity contribution in [3.8, 4) is 0 Å². The second-order valence-corrected chi connectivity index (χ2v) is 3.32. The van der Waals surface area contributed by atoms with Gasteiger partial charge in [0.2, 0.25) is 0 Å². The maximum Gasteiger partial charge on any atom is 0.418 e. The Morgan fingerprint density at radius 3 is 2.36 bits per heavy atom. The lowest BCUT2D eigenvalue weighted by atomic mass is 10.0. The van der Waals surface area contributed by atoms with Crippen molar-refractivity contribution in [1.29, 1.82) is 0 Å². The van der Waals surface area contributed by atoms with Crippen LogP contribution >= 0.6 is 11.6 Å². The molecular weight excluding hydrogens is 217 g/mol. The zero-order valence-corrected chi connectivity index (χ0v) is 8.02. The molecule has 5 heteroatoms. The minimum atomic E-state index is -4.68. The molecule has 78 valence electrons. The van der Waals surface area contributed by atoms with Crippen LogP contribution in [0.5, 0.6) is 0 Å². The predicted molar refractivity (Wildman–Crippen MR) is 47.2 cm³/mol. The second kappa shape index (κ2) is 3.79. The fraction of sp³-hybridized carbons (Fsp3) is 0.333. The number of aliphatic hydroxyl groups excluding tert-OH is 1. The Kier molecular flexibility index (Phi) is 3.07. The zero-order valence-electron chi connectivity index (χ0n) is 7.27. The van der Waals surface area contributed by atoms with Crippen LogP contribution in [-0.2, 0) is 0 Å². The van der Waals surface area contributed by atoms with Crippen molar-refractivity contribution in [3.05, 3.63) is 34.3 Å². The Morgan fingerprint density at radius 2 is 1.93 bits per heavy atom. The molecule has 0 saturated carbocycles. The van der Waals surface area contributed by atoms with E-state index in [9.17, 15) is 13.2 Å². The van der Waals surface area contributed by atoms with Crippen molar-refractivity contribution in [2.45, 2.75) is 19.2 Å². The largest absolute Gasteiger partial charge is 0.418 e. The van der Waals surface area contributed by atoms with Crippen LogP contribution in [0.1, 0.15) is 17.2 Å². The van der Waals surface area contributed by atoms with E-state index in [-0.39, 0.29) is 10.6 Å². The van der Waals surface area contributed by atoms with Crippen LogP contribution in [0.15, 0.2) is 18.2 Å². The third-order valence-electron chi connectivity index (χ3n) is 1.85. The average molecular weight is 225 g/mol. The first-order valence-electron chi connectivity index (χ1n) is 3.84. The summed E-state index contributed by atoms with van der Waals surface area (Å²) < 4.78 is 36.6. The summed E-state index contributed by atoms with van der Waals surface area (Å²) >= 11 is 5.57. The number of alkyl halides is 3. The highest BCUT2D eigenvalue weighted by Crippen LogP contribution is 2.37. The molecule has 1 atom stereocenters. The van der Waals surface area contributed by atoms with E-state index in [4.69, 9.17) is 16.7 Å². The van der Waals surface area contributed by atoms with Gasteiger partial charge in [-0.3, -0.25) is 0 Å². The summed E-state index contributed by atoms with van der Waals surface area (Å²) in [5, 5.41) is 8.94. The van der Waals surface area contributed by atoms with Crippen LogP contribution in [-0.4, -0.2) is 11.3 Å². The predicted octanol–water partition coefficient (Wildman–Crippen LogP) is 3.24. The molecule has 0 aliphatic rings. The minimum Gasteiger partial charge on any atom is -0.379 e. The Morgan fingerprint density at radius 1 is 1.36 bits per heavy atom. The molecule has 14 heavy (non-hydrogen) atoms. The highest BCUT2D eigenvalue weighted by molar-refractivity contribution is 6.31. The maximum atomic E-state index is 12.2. The summed E-state index contributed by atoms with van der Waals surface area (Å²) in [6.07, 6.45) is -7.20. The topological polar surface area (TPSA) is 20.2 Å². The van der Waals surface area contributed by atoms with Gasteiger partial charge in [-0.2, -0.15) is 13.2 Å². The molecular formula is C9H8ClF3O. The SMILES string of the molecule is Cc1cccc(Cl)c1[C@@H](O)C(F)(F)F. The van der Waals surface area contributed by atoms with Gasteiger partial charge in [0.15, 0.2) is 6.10 Å². The van der Waals surface area contributed by atoms with Crippen molar-refractivity contribution in [2.24, 2.45) is 0 Å². The molecule has 1 rings (SSSR count). The molecule has 1 nitrogen and oxygen atoms in total. The lowest BCUT2D eigenvalue weighted by Gasteiger charge is -2.17. The third-order valence-corrected chi connectivity index (χ3v) is 2.18. The second-order valence-electron chi connectivity index (χ2n) is 2.91. The summed E-state index contributed by atoms with van der Waals surface area (Å²) in [5.74, 6) is 0. The molecule has 1 aromatic carbocycles. The van der Waals surface area contributed by atoms with Crippen LogP contribution in [0.2, 0.25) is 5.02 Å². The first kappa shape index (κ1) is 11.3. The minimum absolute atomic E-state index is 0.0742. The highest BCUT2D eigenvalue weighted by Gasteiger charge is 2.41. The summed E-state index contributed by atoms with van der Waals surface area (Å²) in [6.45, 7) is 1.47. The molecule has 0 bridgehead atoms. The van der Waals surface area contributed by atoms with Gasteiger partial charge in [0, 0.05) is 10.6 Å². The molecule has 0 saturated heterocycles. The van der Waals surface area contributed by atoms with Gasteiger partial charge in [0.1, 0.15) is 0 Å². The Labute approximate surface area is 84.1 Å². The fourth-order valence-electron chi connectivity index (χ4n) is 1.15. The number of aliphatic hydroxyl groups is 1. The summed E-state index contributed by atoms with van der Waals surface area (Å²) in [7, 11) is 0. The number of hydrogen-bond acceptors (Lipinski definition) is 1. The molecule has 0 radical (unpaired) electrons. The molecule has 0 aliphatic heterocycles. The van der Waals surface area contributed by atoms with E-state index in [1.54, 1.807) is 0 Å². The molecule has 0 unspecified atom stereocenters. The number of aryl methyl sites for hydroxylation is 1. The molecule has 0 heterocycles. The van der Waals surface area contributed by atoms with Crippen LogP contribution in [0.3, 0.4) is 0 Å². The molecule has 0 fully saturated rings. The van der Waals surface area contributed by atoms with Crippen molar-refractivity contribution in [1.82, 2.24) is 0 Å². The number of hydrogen-bond donors (Lipinski definition) is 1. The molecule has 0 amide bonds. The van der Waals surface area contributed by atoms with E-state index in [2.05, 4.69) is 0 Å². The fourth-order valence-corrected chi connectivity index (χ4v) is 1.48. The maximum absolute atomic E-state index is 12.2. The van der Waals surface area contributed by atoms with Crippen LogP contribution in [0.4, 0.5) is 13.2 Å². The van der Waals surface area contributed by atoms with Gasteiger partial charge in [-0.1, -0.05) is 23.7 Å². The van der Waals surface area contributed by atoms with Gasteiger partial charge < -0.3 is 5.11 Å². The van der Waals surface area contributed by atoms with Crippen molar-refractivity contribution < 1.29 is 18.3 Å². The van der Waals surface area contributed by atoms with Crippen LogP contribution in [0.25, 0.3) is 0 Å². The molecule has 0 aromatic heterocycles. The number of benzene rings is 1. The quantitative estimate of drug-likeness (QED) is 0.777. The summed E-state index contributed by atoms with van der Waals surface area (Å²) in [5.41, 5.74) is 0.0454. The first-order valence-corrected chi connectivity index (χ1v) is 4.21. The molecule has 0 spiro atoms. The Hall–Kier alpha value is -0.740. The normalized spacial score (nSPS) is 14.1. The first-order chi connectivity index (χ1) is 6.34. The smallest absolute Gasteiger partial charge is 0.379 e. The van der Waals surface area contributed by atoms with Gasteiger partial charge >= 0.3 is 6.18 Å². The molecule has 1 N–H and O–H groups in total. The van der Waals surface area contributed by atoms with E-state index in [0.717, 1.165) is 0 Å². The standard InChI is InChI=1S/C9H8ClF3O/c1-5-3-2-4-6(10)7(5)8(14)9(11,12)13/h2-4,8,14H,1H3/t8-/m1/s1. The monoisotopic (exact) mass is 224 g/mol. The van der Waals surface area contributed by atoms with E-state index in [1.165, 1.54) is 25.1 Å². The molecule has 0 aliphatic carbocycles. The van der Waals surface area contributed by atoms with E-state index in [1.807, 2.05) is 0 Å². The Bertz CT molecular complexity index is 315. The van der Waals surface area contributed by atoms with Gasteiger partial charge in [-0.25, -0.2) is 0 Å². The Balaban J connectivity index is 3.19. The van der Waals surface area contributed by atoms with E-state index in [0.29, 0.717) is 5.56 Å². The average Bonchev–Trinajstić information content (AvgIpc) is 2.01. The van der Waals surface area contributed by atoms with Gasteiger partial charge in [0.05, 0.1) is 0 Å².